The van der Waals surface area contributed by atoms with Crippen LogP contribution in [0.2, 0.25) is 0 Å². The van der Waals surface area contributed by atoms with Gasteiger partial charge in [-0.15, -0.1) is 0 Å². The summed E-state index contributed by atoms with van der Waals surface area (Å²) in [5.41, 5.74) is 0.603. The second-order valence-corrected chi connectivity index (χ2v) is 5.53. The van der Waals surface area contributed by atoms with Gasteiger partial charge >= 0.3 is 7.12 Å². The molecule has 1 fully saturated rings. The van der Waals surface area contributed by atoms with Crippen LogP contribution in [-0.4, -0.2) is 22.9 Å². The fourth-order valence-corrected chi connectivity index (χ4v) is 1.79. The van der Waals surface area contributed by atoms with Crippen LogP contribution in [0.25, 0.3) is 6.08 Å². The van der Waals surface area contributed by atoms with Gasteiger partial charge in [0.15, 0.2) is 0 Å². The lowest BCUT2D eigenvalue weighted by Crippen LogP contribution is -2.41. The molecule has 0 spiro atoms. The maximum Gasteiger partial charge on any atom is 0.487 e. The lowest BCUT2D eigenvalue weighted by atomic mass is 9.90. The highest BCUT2D eigenvalue weighted by atomic mass is 16.7. The third kappa shape index (κ3) is 2.33. The van der Waals surface area contributed by atoms with Crippen LogP contribution in [-0.2, 0) is 16.4 Å². The van der Waals surface area contributed by atoms with Crippen LogP contribution in [0.1, 0.15) is 33.4 Å². The molecule has 2 heterocycles. The summed E-state index contributed by atoms with van der Waals surface area (Å²) in [5.74, 6) is 1.96. The molecular formula is C13H20BNO2. The van der Waals surface area contributed by atoms with E-state index in [0.29, 0.717) is 0 Å². The van der Waals surface area contributed by atoms with Crippen LogP contribution in [0, 0.1) is 0 Å². The van der Waals surface area contributed by atoms with Crippen molar-refractivity contribution in [1.82, 2.24) is 4.57 Å². The van der Waals surface area contributed by atoms with Crippen LogP contribution in [0.3, 0.4) is 0 Å². The molecule has 4 heteroatoms. The van der Waals surface area contributed by atoms with Crippen molar-refractivity contribution in [3.8, 4) is 0 Å². The Morgan fingerprint density at radius 1 is 1.18 bits per heavy atom. The van der Waals surface area contributed by atoms with Crippen LogP contribution >= 0.6 is 0 Å². The molecule has 3 nitrogen and oxygen atoms in total. The van der Waals surface area contributed by atoms with E-state index < -0.39 is 0 Å². The van der Waals surface area contributed by atoms with Crippen molar-refractivity contribution in [3.63, 3.8) is 0 Å². The van der Waals surface area contributed by atoms with Gasteiger partial charge in [0.25, 0.3) is 0 Å². The molecule has 1 aromatic rings. The van der Waals surface area contributed by atoms with Crippen molar-refractivity contribution < 1.29 is 9.31 Å². The highest BCUT2D eigenvalue weighted by Crippen LogP contribution is 2.36. The summed E-state index contributed by atoms with van der Waals surface area (Å²) in [6, 6.07) is 4.08. The normalized spacial score (nSPS) is 22.5. The van der Waals surface area contributed by atoms with E-state index in [1.807, 2.05) is 31.4 Å². The van der Waals surface area contributed by atoms with Gasteiger partial charge in [-0.25, -0.2) is 0 Å². The van der Waals surface area contributed by atoms with Crippen molar-refractivity contribution in [2.24, 2.45) is 7.05 Å². The van der Waals surface area contributed by atoms with Crippen LogP contribution in [0.5, 0.6) is 0 Å². The van der Waals surface area contributed by atoms with E-state index >= 15 is 0 Å². The minimum absolute atomic E-state index is 0.268. The molecule has 2 rings (SSSR count). The summed E-state index contributed by atoms with van der Waals surface area (Å²) in [7, 11) is 1.75. The van der Waals surface area contributed by atoms with E-state index in [2.05, 4.69) is 38.3 Å². The number of aryl methyl sites for hydroxylation is 1. The molecule has 1 aromatic heterocycles. The largest absolute Gasteiger partial charge is 0.487 e. The quantitative estimate of drug-likeness (QED) is 0.733. The molecule has 0 radical (unpaired) electrons. The van der Waals surface area contributed by atoms with E-state index in [4.69, 9.17) is 9.31 Å². The van der Waals surface area contributed by atoms with Crippen molar-refractivity contribution in [2.45, 2.75) is 38.9 Å². The Hall–Kier alpha value is -0.995. The first kappa shape index (κ1) is 12.5. The number of rotatable bonds is 2. The molecule has 0 atom stereocenters. The zero-order valence-electron chi connectivity index (χ0n) is 11.2. The molecule has 0 unspecified atom stereocenters. The summed E-state index contributed by atoms with van der Waals surface area (Å²) < 4.78 is 13.8. The smallest absolute Gasteiger partial charge is 0.400 e. The molecule has 17 heavy (non-hydrogen) atoms. The number of hydrogen-bond acceptors (Lipinski definition) is 2. The second-order valence-electron chi connectivity index (χ2n) is 5.53. The Kier molecular flexibility index (Phi) is 2.96. The molecule has 1 saturated heterocycles. The molecule has 0 aromatic carbocycles. The topological polar surface area (TPSA) is 23.4 Å². The summed E-state index contributed by atoms with van der Waals surface area (Å²) in [6.45, 7) is 8.24. The zero-order chi connectivity index (χ0) is 12.7. The third-order valence-corrected chi connectivity index (χ3v) is 3.68. The lowest BCUT2D eigenvalue weighted by molar-refractivity contribution is 0.00578. The highest BCUT2D eigenvalue weighted by Gasteiger charge is 2.49. The van der Waals surface area contributed by atoms with E-state index in [9.17, 15) is 0 Å². The van der Waals surface area contributed by atoms with Crippen molar-refractivity contribution >= 4 is 13.2 Å². The Morgan fingerprint density at radius 3 is 2.24 bits per heavy atom. The van der Waals surface area contributed by atoms with Gasteiger partial charge < -0.3 is 13.9 Å². The lowest BCUT2D eigenvalue weighted by Gasteiger charge is -2.32. The van der Waals surface area contributed by atoms with Gasteiger partial charge in [-0.1, -0.05) is 5.98 Å². The minimum atomic E-state index is -0.269. The maximum atomic E-state index is 5.88. The average molecular weight is 233 g/mol. The Labute approximate surface area is 104 Å². The standard InChI is InChI=1S/C13H20BNO2/c1-12(2)13(3,4)17-14(16-12)9-8-11-7-6-10-15(11)5/h6-10H,1-5H3/b9-8+. The summed E-state index contributed by atoms with van der Waals surface area (Å²) >= 11 is 0. The van der Waals surface area contributed by atoms with Gasteiger partial charge in [0.2, 0.25) is 0 Å². The Balaban J connectivity index is 2.08. The van der Waals surface area contributed by atoms with Crippen molar-refractivity contribution in [3.05, 3.63) is 30.0 Å². The van der Waals surface area contributed by atoms with E-state index in [0.717, 1.165) is 5.69 Å². The minimum Gasteiger partial charge on any atom is -0.400 e. The Bertz CT molecular complexity index is 418. The van der Waals surface area contributed by atoms with Gasteiger partial charge in [0.05, 0.1) is 11.2 Å². The average Bonchev–Trinajstić information content (AvgIpc) is 2.66. The first-order chi connectivity index (χ1) is 7.82. The maximum absolute atomic E-state index is 5.88. The summed E-state index contributed by atoms with van der Waals surface area (Å²) in [5, 5.41) is 0. The molecule has 92 valence electrons. The zero-order valence-corrected chi connectivity index (χ0v) is 11.2. The summed E-state index contributed by atoms with van der Waals surface area (Å²) in [6.07, 6.45) is 4.05. The molecule has 0 aliphatic carbocycles. The number of aromatic nitrogens is 1. The number of nitrogens with zero attached hydrogens (tertiary/aromatic N) is 1. The predicted octanol–water partition coefficient (Wildman–Crippen LogP) is 2.67. The van der Waals surface area contributed by atoms with Crippen LogP contribution < -0.4 is 0 Å². The molecule has 1 aliphatic heterocycles. The van der Waals surface area contributed by atoms with Gasteiger partial charge in [-0.2, -0.15) is 0 Å². The molecule has 0 bridgehead atoms. The second kappa shape index (κ2) is 4.04. The molecule has 0 amide bonds. The Morgan fingerprint density at radius 2 is 1.76 bits per heavy atom. The molecule has 1 aliphatic rings. The third-order valence-electron chi connectivity index (χ3n) is 3.68. The molecule has 0 N–H and O–H groups in total. The van der Waals surface area contributed by atoms with E-state index in [1.54, 1.807) is 0 Å². The first-order valence-electron chi connectivity index (χ1n) is 5.97. The van der Waals surface area contributed by atoms with E-state index in [1.165, 1.54) is 0 Å². The molecular weight excluding hydrogens is 213 g/mol. The predicted molar refractivity (Wildman–Crippen MR) is 70.5 cm³/mol. The highest BCUT2D eigenvalue weighted by molar-refractivity contribution is 6.52. The van der Waals surface area contributed by atoms with Crippen LogP contribution in [0.4, 0.5) is 0 Å². The molecule has 0 saturated carbocycles. The van der Waals surface area contributed by atoms with E-state index in [-0.39, 0.29) is 18.3 Å². The fourth-order valence-electron chi connectivity index (χ4n) is 1.79. The van der Waals surface area contributed by atoms with Gasteiger partial charge in [0, 0.05) is 18.9 Å². The fraction of sp³-hybridized carbons (Fsp3) is 0.538. The van der Waals surface area contributed by atoms with Gasteiger partial charge in [0.1, 0.15) is 0 Å². The SMILES string of the molecule is Cn1cccc1/C=C/B1OC(C)(C)C(C)(C)O1. The van der Waals surface area contributed by atoms with Crippen LogP contribution in [0.15, 0.2) is 24.3 Å². The summed E-state index contributed by atoms with van der Waals surface area (Å²) in [4.78, 5) is 0. The van der Waals surface area contributed by atoms with Crippen molar-refractivity contribution in [1.29, 1.82) is 0 Å². The van der Waals surface area contributed by atoms with Crippen molar-refractivity contribution in [2.75, 3.05) is 0 Å². The van der Waals surface area contributed by atoms with Gasteiger partial charge in [-0.05, 0) is 45.9 Å². The number of hydrogen-bond donors (Lipinski definition) is 0. The van der Waals surface area contributed by atoms with Gasteiger partial charge in [-0.3, -0.25) is 0 Å². The first-order valence-corrected chi connectivity index (χ1v) is 5.97. The monoisotopic (exact) mass is 233 g/mol.